The van der Waals surface area contributed by atoms with E-state index in [-0.39, 0.29) is 62.2 Å². The Bertz CT molecular complexity index is 3680. The Morgan fingerprint density at radius 2 is 0.989 bits per heavy atom. The molecule has 0 spiro atoms. The maximum Gasteiger partial charge on any atom is 0.333 e. The number of likely N-dealkylation sites (tertiary alicyclic amines) is 1. The number of anilines is 3. The van der Waals surface area contributed by atoms with Gasteiger partial charge in [-0.15, -0.1) is 5.06 Å². The maximum absolute atomic E-state index is 13.3. The summed E-state index contributed by atoms with van der Waals surface area (Å²) in [5.41, 5.74) is 9.69. The standard InChI is InChI=1S/C49H59N7O6.C23H18N2O5/c1-2-55(31-30-54-28-8-3-9-29-54)45-22-20-44(21-23-45)53-52-43-18-16-41(17-19-43)49(59)51-27-33-61-35-37-62-36-34-60-32-26-50-47(57)24-25-48(58)56-38-42-12-5-4-10-39(42)14-15-40-11-6-7-13-46(40)56;26-20(13-14-23(29)30-25-21(27)11-12-22(25)28)24-15-18-7-2-1-5-16(18)9-10-17-6-3-4-8-19(17)24/h4-7,10-13,16-23H,2-3,8-9,24-38H2,1H3,(H,50,57)(H,51,59);1-8H,11-15H2. The van der Waals surface area contributed by atoms with Gasteiger partial charge < -0.3 is 49.3 Å². The van der Waals surface area contributed by atoms with Gasteiger partial charge in [0.25, 0.3) is 17.7 Å². The van der Waals surface area contributed by atoms with E-state index in [0.29, 0.717) is 87.8 Å². The molecule has 92 heavy (non-hydrogen) atoms. The van der Waals surface area contributed by atoms with Crippen molar-refractivity contribution in [2.24, 2.45) is 10.2 Å². The Morgan fingerprint density at radius 3 is 1.53 bits per heavy atom. The van der Waals surface area contributed by atoms with Crippen LogP contribution in [0.1, 0.15) is 108 Å². The Kier molecular flexibility index (Phi) is 25.3. The fraction of sp³-hybridized carbons (Fsp3) is 0.347. The third-order valence-electron chi connectivity index (χ3n) is 15.6. The van der Waals surface area contributed by atoms with Gasteiger partial charge in [0.1, 0.15) is 0 Å². The molecule has 0 unspecified atom stereocenters. The molecule has 0 aliphatic carbocycles. The first-order valence-corrected chi connectivity index (χ1v) is 31.4. The molecule has 4 heterocycles. The van der Waals surface area contributed by atoms with Crippen LogP contribution in [-0.4, -0.2) is 137 Å². The van der Waals surface area contributed by atoms with E-state index in [2.05, 4.69) is 73.4 Å². The Hall–Kier alpha value is -9.83. The highest BCUT2D eigenvalue weighted by Crippen LogP contribution is 2.29. The number of nitrogens with zero attached hydrogens (tertiary/aromatic N) is 7. The number of carbonyl (C=O) groups excluding carboxylic acids is 7. The van der Waals surface area contributed by atoms with Crippen LogP contribution in [0, 0.1) is 23.7 Å². The molecule has 10 rings (SSSR count). The minimum Gasteiger partial charge on any atom is -0.377 e. The van der Waals surface area contributed by atoms with Crippen LogP contribution >= 0.6 is 0 Å². The zero-order valence-corrected chi connectivity index (χ0v) is 51.9. The number of rotatable bonds is 27. The number of nitrogens with one attached hydrogen (secondary N) is 2. The molecule has 0 aromatic heterocycles. The summed E-state index contributed by atoms with van der Waals surface area (Å²) in [5, 5.41) is 14.9. The van der Waals surface area contributed by atoms with Gasteiger partial charge in [0.05, 0.1) is 81.9 Å². The monoisotopic (exact) mass is 1240 g/mol. The number of para-hydroxylation sites is 2. The van der Waals surface area contributed by atoms with Crippen molar-refractivity contribution >= 4 is 69.8 Å². The molecule has 2 fully saturated rings. The molecule has 6 amide bonds. The van der Waals surface area contributed by atoms with E-state index in [1.165, 1.54) is 38.0 Å². The predicted octanol–water partition coefficient (Wildman–Crippen LogP) is 9.36. The Balaban J connectivity index is 0.000000277. The number of azo groups is 1. The van der Waals surface area contributed by atoms with E-state index in [4.69, 9.17) is 19.0 Å². The fourth-order valence-electron chi connectivity index (χ4n) is 10.6. The second-order valence-corrected chi connectivity index (χ2v) is 22.0. The van der Waals surface area contributed by atoms with Crippen molar-refractivity contribution in [1.29, 1.82) is 0 Å². The second-order valence-electron chi connectivity index (χ2n) is 22.0. The summed E-state index contributed by atoms with van der Waals surface area (Å²) in [6.07, 6.45) is 3.80. The van der Waals surface area contributed by atoms with Gasteiger partial charge in [0.2, 0.25) is 17.7 Å². The third kappa shape index (κ3) is 19.8. The lowest BCUT2D eigenvalue weighted by Gasteiger charge is -2.30. The summed E-state index contributed by atoms with van der Waals surface area (Å²) in [6.45, 7) is 11.3. The molecular formula is C72H77N9O11. The zero-order valence-electron chi connectivity index (χ0n) is 51.9. The minimum atomic E-state index is -0.799. The molecule has 0 bridgehead atoms. The van der Waals surface area contributed by atoms with Crippen molar-refractivity contribution < 1.29 is 52.6 Å². The number of fused-ring (bicyclic) bond motifs is 4. The first kappa shape index (κ1) is 66.6. The van der Waals surface area contributed by atoms with Gasteiger partial charge >= 0.3 is 5.97 Å². The summed E-state index contributed by atoms with van der Waals surface area (Å²) in [6, 6.07) is 45.5. The van der Waals surface area contributed by atoms with Crippen molar-refractivity contribution in [1.82, 2.24) is 20.6 Å². The number of hydrogen-bond acceptors (Lipinski definition) is 15. The lowest BCUT2D eigenvalue weighted by Crippen LogP contribution is -2.37. The first-order valence-electron chi connectivity index (χ1n) is 31.4. The second kappa shape index (κ2) is 35.0. The van der Waals surface area contributed by atoms with Crippen LogP contribution in [0.2, 0.25) is 0 Å². The average molecular weight is 1240 g/mol. The topological polar surface area (TPSA) is 221 Å². The van der Waals surface area contributed by atoms with E-state index in [9.17, 15) is 33.6 Å². The molecule has 20 heteroatoms. The molecule has 6 aromatic rings. The van der Waals surface area contributed by atoms with Crippen molar-refractivity contribution in [3.63, 3.8) is 0 Å². The number of amides is 6. The third-order valence-corrected chi connectivity index (χ3v) is 15.6. The van der Waals surface area contributed by atoms with Gasteiger partial charge in [-0.25, -0.2) is 4.79 Å². The van der Waals surface area contributed by atoms with E-state index < -0.39 is 17.8 Å². The number of imide groups is 1. The lowest BCUT2D eigenvalue weighted by molar-refractivity contribution is -0.197. The smallest absolute Gasteiger partial charge is 0.333 e. The molecule has 2 saturated heterocycles. The van der Waals surface area contributed by atoms with E-state index in [1.54, 1.807) is 34.1 Å². The summed E-state index contributed by atoms with van der Waals surface area (Å²) >= 11 is 0. The van der Waals surface area contributed by atoms with E-state index in [0.717, 1.165) is 64.4 Å². The van der Waals surface area contributed by atoms with Crippen molar-refractivity contribution in [2.75, 3.05) is 100 Å². The average Bonchev–Trinajstić information content (AvgIpc) is 1.11. The van der Waals surface area contributed by atoms with Crippen LogP contribution in [-0.2, 0) is 60.9 Å². The summed E-state index contributed by atoms with van der Waals surface area (Å²) in [5.74, 6) is 9.95. The SMILES string of the molecule is CCN(CCN1CCCCC1)c1ccc(N=Nc2ccc(C(=O)NCCOCCOCCOCCNC(=O)CCC(=O)N3Cc4ccccc4C#Cc4ccccc43)cc2)cc1.O=C(CCC(=O)N1Cc2ccccc2C#Cc2ccccc21)ON1C(=O)CCC1=O. The number of piperidine rings is 1. The summed E-state index contributed by atoms with van der Waals surface area (Å²) in [4.78, 5) is 99.8. The molecule has 4 aliphatic heterocycles. The highest BCUT2D eigenvalue weighted by atomic mass is 16.7. The van der Waals surface area contributed by atoms with Crippen LogP contribution in [0.25, 0.3) is 0 Å². The highest BCUT2D eigenvalue weighted by Gasteiger charge is 2.33. The largest absolute Gasteiger partial charge is 0.377 e. The number of hydroxylamine groups is 2. The van der Waals surface area contributed by atoms with Gasteiger partial charge in [0.15, 0.2) is 0 Å². The molecule has 4 aliphatic rings. The predicted molar refractivity (Wildman–Crippen MR) is 349 cm³/mol. The number of carbonyl (C=O) groups is 7. The molecular weight excluding hydrogens is 1170 g/mol. The fourth-order valence-corrected chi connectivity index (χ4v) is 10.6. The number of likely N-dealkylation sites (N-methyl/N-ethyl adjacent to an activating group) is 1. The molecule has 0 saturated carbocycles. The molecule has 0 radical (unpaired) electrons. The van der Waals surface area contributed by atoms with E-state index >= 15 is 0 Å². The van der Waals surface area contributed by atoms with Crippen LogP contribution in [0.15, 0.2) is 156 Å². The molecule has 476 valence electrons. The number of benzene rings is 6. The maximum atomic E-state index is 13.3. The van der Waals surface area contributed by atoms with Gasteiger partial charge in [-0.1, -0.05) is 90.8 Å². The Labute approximate surface area is 537 Å². The van der Waals surface area contributed by atoms with Gasteiger partial charge in [0, 0.05) is 98.3 Å². The minimum absolute atomic E-state index is 0.0239. The van der Waals surface area contributed by atoms with Gasteiger partial charge in [-0.2, -0.15) is 10.2 Å². The van der Waals surface area contributed by atoms with Crippen LogP contribution in [0.4, 0.5) is 28.4 Å². The van der Waals surface area contributed by atoms with E-state index in [1.807, 2.05) is 109 Å². The summed E-state index contributed by atoms with van der Waals surface area (Å²) in [7, 11) is 0. The highest BCUT2D eigenvalue weighted by molar-refractivity contribution is 6.02. The first-order chi connectivity index (χ1) is 45.0. The number of hydrogen-bond donors (Lipinski definition) is 2. The van der Waals surface area contributed by atoms with Gasteiger partial charge in [-0.05, 0) is 129 Å². The quantitative estimate of drug-likeness (QED) is 0.0213. The van der Waals surface area contributed by atoms with Gasteiger partial charge in [-0.3, -0.25) is 28.8 Å². The lowest BCUT2D eigenvalue weighted by atomic mass is 10.0. The zero-order chi connectivity index (χ0) is 64.3. The van der Waals surface area contributed by atoms with Crippen LogP contribution in [0.3, 0.4) is 0 Å². The van der Waals surface area contributed by atoms with Crippen molar-refractivity contribution in [3.8, 4) is 23.7 Å². The van der Waals surface area contributed by atoms with Crippen LogP contribution < -0.4 is 25.3 Å². The van der Waals surface area contributed by atoms with Crippen LogP contribution in [0.5, 0.6) is 0 Å². The molecule has 20 nitrogen and oxygen atoms in total. The van der Waals surface area contributed by atoms with Crippen molar-refractivity contribution in [2.45, 2.75) is 77.8 Å². The normalized spacial score (nSPS) is 14.0. The number of ether oxygens (including phenoxy) is 3. The molecule has 0 atom stereocenters. The Morgan fingerprint density at radius 1 is 0.522 bits per heavy atom. The molecule has 2 N–H and O–H groups in total. The summed E-state index contributed by atoms with van der Waals surface area (Å²) < 4.78 is 16.7. The van der Waals surface area contributed by atoms with Crippen molar-refractivity contribution in [3.05, 3.63) is 185 Å². The molecule has 6 aromatic carbocycles.